The molecule has 2 N–H and O–H groups in total. The lowest BCUT2D eigenvalue weighted by Gasteiger charge is -2.26. The van der Waals surface area contributed by atoms with Crippen LogP contribution in [0.1, 0.15) is 18.0 Å². The lowest BCUT2D eigenvalue weighted by atomic mass is 10.00. The third kappa shape index (κ3) is 2.00. The molecule has 1 aliphatic rings. The van der Waals surface area contributed by atoms with E-state index < -0.39 is 0 Å². The van der Waals surface area contributed by atoms with Crippen molar-refractivity contribution in [2.24, 2.45) is 0 Å². The summed E-state index contributed by atoms with van der Waals surface area (Å²) >= 11 is 0. The second-order valence-electron chi connectivity index (χ2n) is 3.62. The molecule has 1 aliphatic heterocycles. The number of nitrogens with one attached hydrogen (secondary N) is 1. The van der Waals surface area contributed by atoms with Gasteiger partial charge in [0.15, 0.2) is 0 Å². The van der Waals surface area contributed by atoms with Crippen LogP contribution in [0.25, 0.3) is 0 Å². The van der Waals surface area contributed by atoms with Crippen LogP contribution in [0.3, 0.4) is 0 Å². The van der Waals surface area contributed by atoms with Crippen molar-refractivity contribution in [3.63, 3.8) is 0 Å². The number of rotatable bonds is 2. The quantitative estimate of drug-likeness (QED) is 0.741. The zero-order valence-corrected chi connectivity index (χ0v) is 8.77. The van der Waals surface area contributed by atoms with Crippen LogP contribution in [-0.2, 0) is 4.79 Å². The first-order chi connectivity index (χ1) is 7.70. The van der Waals surface area contributed by atoms with Gasteiger partial charge in [0.1, 0.15) is 11.5 Å². The summed E-state index contributed by atoms with van der Waals surface area (Å²) < 4.78 is 5.44. The van der Waals surface area contributed by atoms with Gasteiger partial charge in [0.2, 0.25) is 5.91 Å². The van der Waals surface area contributed by atoms with E-state index in [1.807, 2.05) is 0 Å². The van der Waals surface area contributed by atoms with E-state index in [9.17, 15) is 9.90 Å². The molecule has 16 heavy (non-hydrogen) atoms. The van der Waals surface area contributed by atoms with Gasteiger partial charge in [0, 0.05) is 12.0 Å². The highest BCUT2D eigenvalue weighted by Gasteiger charge is 2.22. The van der Waals surface area contributed by atoms with Crippen LogP contribution in [0.15, 0.2) is 30.9 Å². The van der Waals surface area contributed by atoms with E-state index in [1.54, 1.807) is 18.2 Å². The van der Waals surface area contributed by atoms with Gasteiger partial charge < -0.3 is 15.2 Å². The molecule has 0 bridgehead atoms. The Kier molecular flexibility index (Phi) is 2.81. The summed E-state index contributed by atoms with van der Waals surface area (Å²) in [5.41, 5.74) is 0.807. The van der Waals surface area contributed by atoms with Crippen molar-refractivity contribution < 1.29 is 14.6 Å². The van der Waals surface area contributed by atoms with E-state index in [2.05, 4.69) is 11.9 Å². The Morgan fingerprint density at radius 1 is 1.62 bits per heavy atom. The molecule has 4 heteroatoms. The maximum Gasteiger partial charge on any atom is 0.243 e. The Bertz CT molecular complexity index is 428. The molecule has 1 aromatic rings. The third-order valence-electron chi connectivity index (χ3n) is 2.53. The number of hydrogen-bond acceptors (Lipinski definition) is 3. The number of aromatic hydroxyl groups is 1. The Balaban J connectivity index is 2.28. The van der Waals surface area contributed by atoms with Crippen LogP contribution >= 0.6 is 0 Å². The van der Waals surface area contributed by atoms with E-state index in [1.165, 1.54) is 6.08 Å². The van der Waals surface area contributed by atoms with Crippen LogP contribution in [-0.4, -0.2) is 17.6 Å². The average Bonchev–Trinajstić information content (AvgIpc) is 2.29. The number of hydrogen-bond donors (Lipinski definition) is 2. The van der Waals surface area contributed by atoms with Gasteiger partial charge in [-0.15, -0.1) is 0 Å². The number of fused-ring (bicyclic) bond motifs is 1. The van der Waals surface area contributed by atoms with Crippen LogP contribution < -0.4 is 10.1 Å². The zero-order valence-electron chi connectivity index (χ0n) is 8.77. The van der Waals surface area contributed by atoms with Crippen LogP contribution in [0, 0.1) is 0 Å². The lowest BCUT2D eigenvalue weighted by Crippen LogP contribution is -2.30. The normalized spacial score (nSPS) is 18.1. The SMILES string of the molecule is C=CC(=O)N[C@@H]1CCOc2ccc(O)cc21. The highest BCUT2D eigenvalue weighted by Crippen LogP contribution is 2.34. The minimum absolute atomic E-state index is 0.124. The molecule has 0 unspecified atom stereocenters. The molecular weight excluding hydrogens is 206 g/mol. The van der Waals surface area contributed by atoms with Crippen molar-refractivity contribution in [3.05, 3.63) is 36.4 Å². The highest BCUT2D eigenvalue weighted by molar-refractivity contribution is 5.87. The molecular formula is C12H13NO3. The molecule has 1 atom stereocenters. The minimum atomic E-state index is -0.221. The number of ether oxygens (including phenoxy) is 1. The number of phenolic OH excluding ortho intramolecular Hbond substituents is 1. The van der Waals surface area contributed by atoms with Gasteiger partial charge in [0.25, 0.3) is 0 Å². The predicted octanol–water partition coefficient (Wildman–Crippen LogP) is 1.52. The predicted molar refractivity (Wildman–Crippen MR) is 59.3 cm³/mol. The van der Waals surface area contributed by atoms with E-state index in [-0.39, 0.29) is 17.7 Å². The maximum absolute atomic E-state index is 11.2. The zero-order chi connectivity index (χ0) is 11.5. The topological polar surface area (TPSA) is 58.6 Å². The molecule has 1 heterocycles. The smallest absolute Gasteiger partial charge is 0.243 e. The molecule has 0 spiro atoms. The molecule has 1 amide bonds. The van der Waals surface area contributed by atoms with Gasteiger partial charge in [-0.3, -0.25) is 4.79 Å². The van der Waals surface area contributed by atoms with Crippen molar-refractivity contribution in [3.8, 4) is 11.5 Å². The first-order valence-electron chi connectivity index (χ1n) is 5.09. The van der Waals surface area contributed by atoms with Gasteiger partial charge >= 0.3 is 0 Å². The number of carbonyl (C=O) groups is 1. The molecule has 4 nitrogen and oxygen atoms in total. The van der Waals surface area contributed by atoms with Crippen LogP contribution in [0.4, 0.5) is 0 Å². The van der Waals surface area contributed by atoms with E-state index in [0.717, 1.165) is 5.56 Å². The summed E-state index contributed by atoms with van der Waals surface area (Å²) in [5, 5.41) is 12.2. The Morgan fingerprint density at radius 3 is 3.19 bits per heavy atom. The standard InChI is InChI=1S/C12H13NO3/c1-2-12(15)13-10-5-6-16-11-4-3-8(14)7-9(10)11/h2-4,7,10,14H,1,5-6H2,(H,13,15)/t10-/m1/s1. The molecule has 0 radical (unpaired) electrons. The molecule has 1 aromatic carbocycles. The largest absolute Gasteiger partial charge is 0.508 e. The Morgan fingerprint density at radius 2 is 2.44 bits per heavy atom. The Labute approximate surface area is 93.5 Å². The van der Waals surface area contributed by atoms with Gasteiger partial charge in [-0.1, -0.05) is 6.58 Å². The number of phenols is 1. The minimum Gasteiger partial charge on any atom is -0.508 e. The number of carbonyl (C=O) groups excluding carboxylic acids is 1. The van der Waals surface area contributed by atoms with Gasteiger partial charge in [-0.05, 0) is 24.3 Å². The summed E-state index contributed by atoms with van der Waals surface area (Å²) in [7, 11) is 0. The average molecular weight is 219 g/mol. The summed E-state index contributed by atoms with van der Waals surface area (Å²) in [6.45, 7) is 3.96. The Hall–Kier alpha value is -1.97. The van der Waals surface area contributed by atoms with Crippen molar-refractivity contribution in [1.82, 2.24) is 5.32 Å². The van der Waals surface area contributed by atoms with Crippen molar-refractivity contribution in [1.29, 1.82) is 0 Å². The summed E-state index contributed by atoms with van der Waals surface area (Å²) in [4.78, 5) is 11.2. The first-order valence-corrected chi connectivity index (χ1v) is 5.09. The van der Waals surface area contributed by atoms with Crippen molar-refractivity contribution in [2.45, 2.75) is 12.5 Å². The molecule has 2 rings (SSSR count). The van der Waals surface area contributed by atoms with Crippen molar-refractivity contribution in [2.75, 3.05) is 6.61 Å². The van der Waals surface area contributed by atoms with E-state index in [4.69, 9.17) is 4.74 Å². The van der Waals surface area contributed by atoms with Crippen LogP contribution in [0.5, 0.6) is 11.5 Å². The van der Waals surface area contributed by atoms with Gasteiger partial charge in [0.05, 0.1) is 12.6 Å². The number of amides is 1. The first kappa shape index (κ1) is 10.5. The van der Waals surface area contributed by atoms with Gasteiger partial charge in [-0.25, -0.2) is 0 Å². The summed E-state index contributed by atoms with van der Waals surface area (Å²) in [6, 6.07) is 4.76. The fraction of sp³-hybridized carbons (Fsp3) is 0.250. The summed E-state index contributed by atoms with van der Waals surface area (Å²) in [5.74, 6) is 0.654. The van der Waals surface area contributed by atoms with Crippen LogP contribution in [0.2, 0.25) is 0 Å². The molecule has 0 saturated carbocycles. The third-order valence-corrected chi connectivity index (χ3v) is 2.53. The second kappa shape index (κ2) is 4.26. The summed E-state index contributed by atoms with van der Waals surface area (Å²) in [6.07, 6.45) is 1.92. The molecule has 84 valence electrons. The molecule has 0 aromatic heterocycles. The second-order valence-corrected chi connectivity index (χ2v) is 3.62. The highest BCUT2D eigenvalue weighted by atomic mass is 16.5. The maximum atomic E-state index is 11.2. The van der Waals surface area contributed by atoms with Crippen molar-refractivity contribution >= 4 is 5.91 Å². The van der Waals surface area contributed by atoms with Gasteiger partial charge in [-0.2, -0.15) is 0 Å². The van der Waals surface area contributed by atoms with E-state index >= 15 is 0 Å². The molecule has 0 aliphatic carbocycles. The number of benzene rings is 1. The molecule has 0 saturated heterocycles. The monoisotopic (exact) mass is 219 g/mol. The lowest BCUT2D eigenvalue weighted by molar-refractivity contribution is -0.117. The molecule has 0 fully saturated rings. The fourth-order valence-corrected chi connectivity index (χ4v) is 1.76. The van der Waals surface area contributed by atoms with E-state index in [0.29, 0.717) is 18.8 Å². The fourth-order valence-electron chi connectivity index (χ4n) is 1.76.